The van der Waals surface area contributed by atoms with Gasteiger partial charge in [-0.25, -0.2) is 0 Å². The first-order valence-electron chi connectivity index (χ1n) is 7.17. The summed E-state index contributed by atoms with van der Waals surface area (Å²) in [6, 6.07) is 6.33. The highest BCUT2D eigenvalue weighted by atomic mass is 16.4. The van der Waals surface area contributed by atoms with Crippen LogP contribution in [-0.2, 0) is 0 Å². The van der Waals surface area contributed by atoms with Gasteiger partial charge < -0.3 is 21.4 Å². The van der Waals surface area contributed by atoms with Gasteiger partial charge in [-0.15, -0.1) is 0 Å². The number of aromatic hydroxyl groups is 1. The molecule has 21 heavy (non-hydrogen) atoms. The van der Waals surface area contributed by atoms with Crippen LogP contribution in [0.3, 0.4) is 0 Å². The predicted octanol–water partition coefficient (Wildman–Crippen LogP) is 1.96. The van der Waals surface area contributed by atoms with Gasteiger partial charge in [-0.3, -0.25) is 4.79 Å². The SMILES string of the molecule is N/C(=N/O)C1(NC(=O)c2ccccc2O)CCCCCC1. The van der Waals surface area contributed by atoms with Gasteiger partial charge in [-0.2, -0.15) is 0 Å². The van der Waals surface area contributed by atoms with Crippen molar-refractivity contribution in [3.8, 4) is 5.75 Å². The van der Waals surface area contributed by atoms with Crippen molar-refractivity contribution in [2.45, 2.75) is 44.1 Å². The number of nitrogens with zero attached hydrogens (tertiary/aromatic N) is 1. The van der Waals surface area contributed by atoms with Gasteiger partial charge in [0, 0.05) is 0 Å². The molecule has 0 aromatic heterocycles. The number of amides is 1. The maximum atomic E-state index is 12.4. The maximum absolute atomic E-state index is 12.4. The summed E-state index contributed by atoms with van der Waals surface area (Å²) < 4.78 is 0. The number of benzene rings is 1. The molecule has 2 rings (SSSR count). The van der Waals surface area contributed by atoms with Crippen molar-refractivity contribution in [2.75, 3.05) is 0 Å². The summed E-state index contributed by atoms with van der Waals surface area (Å²) in [6.07, 6.45) is 5.18. The quantitative estimate of drug-likeness (QED) is 0.224. The van der Waals surface area contributed by atoms with E-state index >= 15 is 0 Å². The molecule has 1 fully saturated rings. The highest BCUT2D eigenvalue weighted by molar-refractivity contribution is 6.01. The number of nitrogens with two attached hydrogens (primary N) is 1. The van der Waals surface area contributed by atoms with Gasteiger partial charge in [0.05, 0.1) is 5.56 Å². The summed E-state index contributed by atoms with van der Waals surface area (Å²) in [6.45, 7) is 0. The topological polar surface area (TPSA) is 108 Å². The standard InChI is InChI=1S/C15H21N3O3/c16-14(18-21)15(9-5-1-2-6-10-15)17-13(20)11-7-3-4-8-12(11)19/h3-4,7-8,19,21H,1-2,5-6,9-10H2,(H2,16,18)(H,17,20). The lowest BCUT2D eigenvalue weighted by Crippen LogP contribution is -2.57. The second-order valence-corrected chi connectivity index (χ2v) is 5.45. The van der Waals surface area contributed by atoms with Crippen molar-refractivity contribution >= 4 is 11.7 Å². The minimum absolute atomic E-state index is 0.0215. The second kappa shape index (κ2) is 6.47. The minimum atomic E-state index is -0.843. The molecule has 1 aliphatic carbocycles. The summed E-state index contributed by atoms with van der Waals surface area (Å²) in [5.74, 6) is -0.479. The molecule has 0 unspecified atom stereocenters. The van der Waals surface area contributed by atoms with Crippen LogP contribution in [0.1, 0.15) is 48.9 Å². The zero-order valence-corrected chi connectivity index (χ0v) is 11.9. The smallest absolute Gasteiger partial charge is 0.255 e. The first kappa shape index (κ1) is 15.2. The van der Waals surface area contributed by atoms with Crippen molar-refractivity contribution < 1.29 is 15.1 Å². The lowest BCUT2D eigenvalue weighted by atomic mass is 9.88. The molecule has 0 atom stereocenters. The third-order valence-corrected chi connectivity index (χ3v) is 4.06. The van der Waals surface area contributed by atoms with Crippen molar-refractivity contribution in [3.05, 3.63) is 29.8 Å². The Morgan fingerprint density at radius 3 is 2.38 bits per heavy atom. The molecule has 1 aromatic rings. The van der Waals surface area contributed by atoms with Gasteiger partial charge >= 0.3 is 0 Å². The third-order valence-electron chi connectivity index (χ3n) is 4.06. The van der Waals surface area contributed by atoms with E-state index in [0.29, 0.717) is 12.8 Å². The monoisotopic (exact) mass is 291 g/mol. The van der Waals surface area contributed by atoms with E-state index in [1.807, 2.05) is 0 Å². The molecule has 0 spiro atoms. The largest absolute Gasteiger partial charge is 0.507 e. The number of rotatable bonds is 3. The molecule has 0 bridgehead atoms. The Hall–Kier alpha value is -2.24. The van der Waals surface area contributed by atoms with Crippen LogP contribution >= 0.6 is 0 Å². The fourth-order valence-corrected chi connectivity index (χ4v) is 2.82. The number of hydrogen-bond donors (Lipinski definition) is 4. The number of oxime groups is 1. The molecule has 0 radical (unpaired) electrons. The van der Waals surface area contributed by atoms with Crippen molar-refractivity contribution in [1.82, 2.24) is 5.32 Å². The number of phenolic OH excluding ortho intramolecular Hbond substituents is 1. The molecule has 114 valence electrons. The average molecular weight is 291 g/mol. The molecule has 5 N–H and O–H groups in total. The highest BCUT2D eigenvalue weighted by Gasteiger charge is 2.37. The first-order chi connectivity index (χ1) is 10.1. The maximum Gasteiger partial charge on any atom is 0.255 e. The van der Waals surface area contributed by atoms with Crippen LogP contribution in [0.4, 0.5) is 0 Å². The van der Waals surface area contributed by atoms with Crippen LogP contribution < -0.4 is 11.1 Å². The Balaban J connectivity index is 2.27. The Morgan fingerprint density at radius 2 is 1.81 bits per heavy atom. The summed E-state index contributed by atoms with van der Waals surface area (Å²) in [5.41, 5.74) is 5.18. The number of carbonyl (C=O) groups is 1. The fraction of sp³-hybridized carbons (Fsp3) is 0.467. The molecule has 0 aliphatic heterocycles. The third kappa shape index (κ3) is 3.26. The van der Waals surface area contributed by atoms with Crippen LogP contribution in [0.15, 0.2) is 29.4 Å². The average Bonchev–Trinajstić information content (AvgIpc) is 2.73. The van der Waals surface area contributed by atoms with Crippen LogP contribution in [0.5, 0.6) is 5.75 Å². The Kier molecular flexibility index (Phi) is 4.67. The van der Waals surface area contributed by atoms with Gasteiger partial charge in [-0.1, -0.05) is 43.0 Å². The van der Waals surface area contributed by atoms with E-state index < -0.39 is 11.4 Å². The summed E-state index contributed by atoms with van der Waals surface area (Å²) in [4.78, 5) is 12.4. The van der Waals surface area contributed by atoms with Crippen LogP contribution in [-0.4, -0.2) is 27.6 Å². The number of para-hydroxylation sites is 1. The lowest BCUT2D eigenvalue weighted by molar-refractivity contribution is 0.0912. The van der Waals surface area contributed by atoms with Gasteiger partial charge in [0.1, 0.15) is 11.3 Å². The molecule has 1 aliphatic rings. The van der Waals surface area contributed by atoms with E-state index in [1.54, 1.807) is 18.2 Å². The van der Waals surface area contributed by atoms with E-state index in [1.165, 1.54) is 6.07 Å². The van der Waals surface area contributed by atoms with Crippen molar-refractivity contribution in [1.29, 1.82) is 0 Å². The van der Waals surface area contributed by atoms with Gasteiger partial charge in [-0.05, 0) is 25.0 Å². The number of carbonyl (C=O) groups excluding carboxylic acids is 1. The van der Waals surface area contributed by atoms with E-state index in [0.717, 1.165) is 25.7 Å². The highest BCUT2D eigenvalue weighted by Crippen LogP contribution is 2.28. The van der Waals surface area contributed by atoms with E-state index in [2.05, 4.69) is 10.5 Å². The molecule has 1 aromatic carbocycles. The Morgan fingerprint density at radius 1 is 1.19 bits per heavy atom. The number of nitrogens with one attached hydrogen (secondary N) is 1. The predicted molar refractivity (Wildman–Crippen MR) is 79.4 cm³/mol. The van der Waals surface area contributed by atoms with Crippen LogP contribution in [0.2, 0.25) is 0 Å². The second-order valence-electron chi connectivity index (χ2n) is 5.45. The van der Waals surface area contributed by atoms with Gasteiger partial charge in [0.2, 0.25) is 0 Å². The fourth-order valence-electron chi connectivity index (χ4n) is 2.82. The molecule has 6 heteroatoms. The van der Waals surface area contributed by atoms with Crippen molar-refractivity contribution in [2.24, 2.45) is 10.9 Å². The molecule has 0 saturated heterocycles. The van der Waals surface area contributed by atoms with E-state index in [4.69, 9.17) is 10.9 Å². The molecule has 0 heterocycles. The number of hydrogen-bond acceptors (Lipinski definition) is 4. The normalized spacial score (nSPS) is 18.8. The van der Waals surface area contributed by atoms with Crippen LogP contribution in [0.25, 0.3) is 0 Å². The Bertz CT molecular complexity index is 535. The molecule has 1 saturated carbocycles. The lowest BCUT2D eigenvalue weighted by Gasteiger charge is -2.32. The van der Waals surface area contributed by atoms with E-state index in [-0.39, 0.29) is 17.1 Å². The van der Waals surface area contributed by atoms with Gasteiger partial charge in [0.15, 0.2) is 5.84 Å². The zero-order chi connectivity index (χ0) is 15.3. The van der Waals surface area contributed by atoms with E-state index in [9.17, 15) is 9.90 Å². The zero-order valence-electron chi connectivity index (χ0n) is 11.9. The summed E-state index contributed by atoms with van der Waals surface area (Å²) in [7, 11) is 0. The number of phenols is 1. The molecular weight excluding hydrogens is 270 g/mol. The van der Waals surface area contributed by atoms with Crippen molar-refractivity contribution in [3.63, 3.8) is 0 Å². The Labute approximate surface area is 123 Å². The van der Waals surface area contributed by atoms with Gasteiger partial charge in [0.25, 0.3) is 5.91 Å². The molecule has 6 nitrogen and oxygen atoms in total. The number of amidine groups is 1. The molecular formula is C15H21N3O3. The summed E-state index contributed by atoms with van der Waals surface area (Å²) in [5, 5.41) is 24.8. The van der Waals surface area contributed by atoms with Crippen LogP contribution in [0, 0.1) is 0 Å². The first-order valence-corrected chi connectivity index (χ1v) is 7.17. The minimum Gasteiger partial charge on any atom is -0.507 e. The molecule has 1 amide bonds. The summed E-state index contributed by atoms with van der Waals surface area (Å²) >= 11 is 0.